The Morgan fingerprint density at radius 3 is 2.90 bits per heavy atom. The lowest BCUT2D eigenvalue weighted by Crippen LogP contribution is -2.49. The van der Waals surface area contributed by atoms with Crippen LogP contribution in [0.4, 0.5) is 0 Å². The first-order chi connectivity index (χ1) is 13.9. The molecule has 1 atom stereocenters. The number of thioether (sulfide) groups is 1. The second kappa shape index (κ2) is 8.51. The maximum absolute atomic E-state index is 13.3. The van der Waals surface area contributed by atoms with Gasteiger partial charge in [-0.15, -0.1) is 23.1 Å². The Hall–Kier alpha value is -1.81. The number of benzene rings is 1. The summed E-state index contributed by atoms with van der Waals surface area (Å²) in [5.74, 6) is 0.815. The van der Waals surface area contributed by atoms with Gasteiger partial charge in [-0.05, 0) is 30.4 Å². The molecule has 0 spiro atoms. The summed E-state index contributed by atoms with van der Waals surface area (Å²) in [6.07, 6.45) is 2.61. The average Bonchev–Trinajstić information content (AvgIpc) is 3.32. The molecule has 6 nitrogen and oxygen atoms in total. The van der Waals surface area contributed by atoms with Crippen LogP contribution in [0.5, 0.6) is 0 Å². The Morgan fingerprint density at radius 1 is 1.31 bits per heavy atom. The molecule has 1 unspecified atom stereocenters. The van der Waals surface area contributed by atoms with Crippen LogP contribution in [0.2, 0.25) is 0 Å². The molecule has 0 aliphatic carbocycles. The average molecular weight is 451 g/mol. The number of hydrogen-bond acceptors (Lipinski definition) is 6. The fourth-order valence-electron chi connectivity index (χ4n) is 3.61. The number of furan rings is 1. The van der Waals surface area contributed by atoms with Crippen LogP contribution in [-0.2, 0) is 15.8 Å². The fourth-order valence-corrected chi connectivity index (χ4v) is 6.22. The molecule has 3 heterocycles. The molecule has 1 saturated heterocycles. The van der Waals surface area contributed by atoms with Gasteiger partial charge in [-0.3, -0.25) is 4.79 Å². The molecule has 29 heavy (non-hydrogen) atoms. The van der Waals surface area contributed by atoms with Crippen molar-refractivity contribution in [2.75, 3.05) is 19.3 Å². The summed E-state index contributed by atoms with van der Waals surface area (Å²) in [6, 6.07) is 11.5. The van der Waals surface area contributed by atoms with Gasteiger partial charge in [0.25, 0.3) is 5.91 Å². The number of nitrogens with one attached hydrogen (secondary N) is 1. The molecule has 2 aromatic heterocycles. The Labute approximate surface area is 178 Å². The largest absolute Gasteiger partial charge is 0.451 e. The Balaban J connectivity index is 1.60. The van der Waals surface area contributed by atoms with Gasteiger partial charge in [0.1, 0.15) is 5.58 Å². The smallest absolute Gasteiger partial charge is 0.289 e. The third-order valence-electron chi connectivity index (χ3n) is 4.84. The minimum Gasteiger partial charge on any atom is -0.451 e. The molecular weight excluding hydrogens is 428 g/mol. The van der Waals surface area contributed by atoms with Gasteiger partial charge >= 0.3 is 0 Å². The second-order valence-electron chi connectivity index (χ2n) is 7.11. The molecule has 1 N–H and O–H groups in total. The van der Waals surface area contributed by atoms with E-state index >= 15 is 0 Å². The first-order valence-corrected chi connectivity index (χ1v) is 13.1. The van der Waals surface area contributed by atoms with Crippen LogP contribution >= 0.6 is 23.1 Å². The van der Waals surface area contributed by atoms with E-state index in [1.165, 1.54) is 4.21 Å². The number of sulfonamides is 1. The zero-order valence-corrected chi connectivity index (χ0v) is 18.4. The maximum atomic E-state index is 13.3. The lowest BCUT2D eigenvalue weighted by atomic mass is 10.1. The van der Waals surface area contributed by atoms with Gasteiger partial charge < -0.3 is 9.32 Å². The van der Waals surface area contributed by atoms with Crippen molar-refractivity contribution in [1.82, 2.24) is 9.62 Å². The van der Waals surface area contributed by atoms with E-state index in [2.05, 4.69) is 10.8 Å². The van der Waals surface area contributed by atoms with Crippen LogP contribution in [0.15, 0.2) is 50.4 Å². The minimum atomic E-state index is -3.31. The molecule has 9 heteroatoms. The van der Waals surface area contributed by atoms with Gasteiger partial charge in [-0.1, -0.05) is 24.3 Å². The molecule has 3 aromatic rings. The summed E-state index contributed by atoms with van der Waals surface area (Å²) in [5, 5.41) is 2.98. The van der Waals surface area contributed by atoms with E-state index in [0.717, 1.165) is 30.0 Å². The SMILES string of the molecule is CS(=O)(=O)NC1CCCN(C(=O)c2oc3ccccc3c2CSc2cccs2)C1. The van der Waals surface area contributed by atoms with Crippen LogP contribution in [0.1, 0.15) is 29.0 Å². The van der Waals surface area contributed by atoms with Gasteiger partial charge in [-0.25, -0.2) is 13.1 Å². The molecule has 0 saturated carbocycles. The number of amides is 1. The van der Waals surface area contributed by atoms with Crippen molar-refractivity contribution in [2.45, 2.75) is 28.8 Å². The number of piperidine rings is 1. The van der Waals surface area contributed by atoms with Crippen molar-refractivity contribution in [2.24, 2.45) is 0 Å². The maximum Gasteiger partial charge on any atom is 0.289 e. The number of fused-ring (bicyclic) bond motifs is 1. The van der Waals surface area contributed by atoms with Gasteiger partial charge in [0.15, 0.2) is 5.76 Å². The lowest BCUT2D eigenvalue weighted by Gasteiger charge is -2.32. The van der Waals surface area contributed by atoms with Gasteiger partial charge in [0.05, 0.1) is 10.5 Å². The van der Waals surface area contributed by atoms with Crippen molar-refractivity contribution < 1.29 is 17.6 Å². The molecular formula is C20H22N2O4S3. The number of rotatable bonds is 6. The van der Waals surface area contributed by atoms with E-state index < -0.39 is 10.0 Å². The molecule has 1 fully saturated rings. The number of carbonyl (C=O) groups excluding carboxylic acids is 1. The van der Waals surface area contributed by atoms with E-state index in [4.69, 9.17) is 4.42 Å². The van der Waals surface area contributed by atoms with Crippen molar-refractivity contribution >= 4 is 50.0 Å². The van der Waals surface area contributed by atoms with Crippen LogP contribution in [0, 0.1) is 0 Å². The van der Waals surface area contributed by atoms with Crippen LogP contribution in [-0.4, -0.2) is 44.6 Å². The third kappa shape index (κ3) is 4.85. The highest BCUT2D eigenvalue weighted by atomic mass is 32.2. The molecule has 1 aromatic carbocycles. The van der Waals surface area contributed by atoms with Crippen molar-refractivity contribution in [3.05, 3.63) is 53.1 Å². The topological polar surface area (TPSA) is 79.6 Å². The zero-order chi connectivity index (χ0) is 20.4. The van der Waals surface area contributed by atoms with Crippen LogP contribution in [0.25, 0.3) is 11.0 Å². The van der Waals surface area contributed by atoms with E-state index in [-0.39, 0.29) is 11.9 Å². The first-order valence-electron chi connectivity index (χ1n) is 9.34. The number of carbonyl (C=O) groups is 1. The Morgan fingerprint density at radius 2 is 2.14 bits per heavy atom. The summed E-state index contributed by atoms with van der Waals surface area (Å²) in [6.45, 7) is 0.940. The fraction of sp³-hybridized carbons (Fsp3) is 0.350. The summed E-state index contributed by atoms with van der Waals surface area (Å²) in [4.78, 5) is 15.0. The highest BCUT2D eigenvalue weighted by molar-refractivity contribution is 8.00. The Kier molecular flexibility index (Phi) is 6.00. The quantitative estimate of drug-likeness (QED) is 0.576. The highest BCUT2D eigenvalue weighted by Crippen LogP contribution is 2.34. The van der Waals surface area contributed by atoms with E-state index in [1.54, 1.807) is 28.0 Å². The normalized spacial score (nSPS) is 17.7. The molecule has 1 aliphatic heterocycles. The number of likely N-dealkylation sites (tertiary alicyclic amines) is 1. The van der Waals surface area contributed by atoms with Gasteiger partial charge in [0, 0.05) is 35.8 Å². The van der Waals surface area contributed by atoms with Crippen molar-refractivity contribution in [3.63, 3.8) is 0 Å². The second-order valence-corrected chi connectivity index (χ2v) is 11.1. The number of nitrogens with zero attached hydrogens (tertiary/aromatic N) is 1. The first kappa shape index (κ1) is 20.5. The van der Waals surface area contributed by atoms with E-state index in [0.29, 0.717) is 30.2 Å². The molecule has 0 bridgehead atoms. The highest BCUT2D eigenvalue weighted by Gasteiger charge is 2.30. The minimum absolute atomic E-state index is 0.178. The molecule has 154 valence electrons. The summed E-state index contributed by atoms with van der Waals surface area (Å²) >= 11 is 3.35. The summed E-state index contributed by atoms with van der Waals surface area (Å²) in [7, 11) is -3.31. The van der Waals surface area contributed by atoms with E-state index in [9.17, 15) is 13.2 Å². The monoisotopic (exact) mass is 450 g/mol. The zero-order valence-electron chi connectivity index (χ0n) is 16.0. The summed E-state index contributed by atoms with van der Waals surface area (Å²) in [5.41, 5.74) is 1.59. The molecule has 1 amide bonds. The predicted octanol–water partition coefficient (Wildman–Crippen LogP) is 3.94. The van der Waals surface area contributed by atoms with Crippen LogP contribution < -0.4 is 4.72 Å². The van der Waals surface area contributed by atoms with Crippen molar-refractivity contribution in [1.29, 1.82) is 0 Å². The molecule has 1 aliphatic rings. The van der Waals surface area contributed by atoms with Crippen LogP contribution in [0.3, 0.4) is 0 Å². The predicted molar refractivity (Wildman–Crippen MR) is 117 cm³/mol. The summed E-state index contributed by atoms with van der Waals surface area (Å²) < 4.78 is 32.9. The van der Waals surface area contributed by atoms with Gasteiger partial charge in [-0.2, -0.15) is 0 Å². The Bertz CT molecular complexity index is 1110. The lowest BCUT2D eigenvalue weighted by molar-refractivity contribution is 0.0672. The molecule has 0 radical (unpaired) electrons. The van der Waals surface area contributed by atoms with E-state index in [1.807, 2.05) is 35.7 Å². The molecule has 4 rings (SSSR count). The van der Waals surface area contributed by atoms with Gasteiger partial charge in [0.2, 0.25) is 10.0 Å². The standard InChI is InChI=1S/C20H22N2O4S3/c1-29(24,25)21-14-6-4-10-22(12-14)20(23)19-16(13-28-18-9-5-11-27-18)15-7-2-3-8-17(15)26-19/h2-3,5,7-9,11,14,21H,4,6,10,12-13H2,1H3. The number of thiophene rings is 1. The number of hydrogen-bond donors (Lipinski definition) is 1. The number of para-hydroxylation sites is 1. The van der Waals surface area contributed by atoms with Crippen molar-refractivity contribution in [3.8, 4) is 0 Å². The third-order valence-corrected chi connectivity index (χ3v) is 7.75.